The molecule has 1 N–H and O–H groups in total. The van der Waals surface area contributed by atoms with Gasteiger partial charge in [0.15, 0.2) is 0 Å². The van der Waals surface area contributed by atoms with Crippen LogP contribution in [0.1, 0.15) is 39.5 Å². The molecule has 21 heavy (non-hydrogen) atoms. The standard InChI is InChI=1S/C16H24N2O3/c1-3-5-12-17(13-6-4-2)18(15(19)16(20)21)14-10-8-7-9-11-14/h7-11H,3-6,12-13H2,1-2H3,(H,20,21). The van der Waals surface area contributed by atoms with Gasteiger partial charge in [-0.3, -0.25) is 4.79 Å². The second-order valence-corrected chi connectivity index (χ2v) is 4.92. The van der Waals surface area contributed by atoms with Crippen LogP contribution in [0.2, 0.25) is 0 Å². The lowest BCUT2D eigenvalue weighted by Gasteiger charge is -2.33. The van der Waals surface area contributed by atoms with Gasteiger partial charge in [0, 0.05) is 13.1 Å². The zero-order chi connectivity index (χ0) is 15.7. The molecule has 5 heteroatoms. The quantitative estimate of drug-likeness (QED) is 0.591. The number of nitrogens with zero attached hydrogens (tertiary/aromatic N) is 2. The first kappa shape index (κ1) is 17.2. The van der Waals surface area contributed by atoms with Gasteiger partial charge in [0.1, 0.15) is 0 Å². The van der Waals surface area contributed by atoms with Crippen molar-refractivity contribution in [2.45, 2.75) is 39.5 Å². The molecule has 0 radical (unpaired) electrons. The van der Waals surface area contributed by atoms with Gasteiger partial charge in [-0.15, -0.1) is 0 Å². The highest BCUT2D eigenvalue weighted by Gasteiger charge is 2.27. The summed E-state index contributed by atoms with van der Waals surface area (Å²) in [5.74, 6) is -2.34. The van der Waals surface area contributed by atoms with Crippen molar-refractivity contribution in [3.05, 3.63) is 30.3 Å². The lowest BCUT2D eigenvalue weighted by Crippen LogP contribution is -2.50. The first-order chi connectivity index (χ1) is 10.1. The number of benzene rings is 1. The number of hydrogen-bond acceptors (Lipinski definition) is 3. The molecule has 0 aromatic heterocycles. The van der Waals surface area contributed by atoms with Crippen molar-refractivity contribution in [3.8, 4) is 0 Å². The second-order valence-electron chi connectivity index (χ2n) is 4.92. The molecule has 0 unspecified atom stereocenters. The number of unbranched alkanes of at least 4 members (excludes halogenated alkanes) is 2. The molecule has 1 rings (SSSR count). The van der Waals surface area contributed by atoms with Crippen LogP contribution in [-0.4, -0.2) is 35.1 Å². The van der Waals surface area contributed by atoms with Gasteiger partial charge in [0.2, 0.25) is 0 Å². The van der Waals surface area contributed by atoms with E-state index in [2.05, 4.69) is 13.8 Å². The number of para-hydroxylation sites is 1. The number of carbonyl (C=O) groups excluding carboxylic acids is 1. The van der Waals surface area contributed by atoms with Crippen LogP contribution in [0.15, 0.2) is 30.3 Å². The molecule has 0 aliphatic heterocycles. The Kier molecular flexibility index (Phi) is 7.46. The summed E-state index contributed by atoms with van der Waals surface area (Å²) in [5, 5.41) is 12.2. The normalized spacial score (nSPS) is 10.6. The molecule has 5 nitrogen and oxygen atoms in total. The maximum atomic E-state index is 12.1. The molecular formula is C16H24N2O3. The monoisotopic (exact) mass is 292 g/mol. The minimum atomic E-state index is -1.43. The smallest absolute Gasteiger partial charge is 0.396 e. The summed E-state index contributed by atoms with van der Waals surface area (Å²) in [6.45, 7) is 5.49. The lowest BCUT2D eigenvalue weighted by molar-refractivity contribution is -0.150. The van der Waals surface area contributed by atoms with Crippen LogP contribution in [0.3, 0.4) is 0 Å². The number of aliphatic carboxylic acids is 1. The first-order valence-electron chi connectivity index (χ1n) is 7.49. The number of carbonyl (C=O) groups is 2. The van der Waals surface area contributed by atoms with Gasteiger partial charge in [-0.05, 0) is 25.0 Å². The Morgan fingerprint density at radius 1 is 1.00 bits per heavy atom. The molecule has 1 aromatic rings. The van der Waals surface area contributed by atoms with Gasteiger partial charge in [-0.2, -0.15) is 0 Å². The highest BCUT2D eigenvalue weighted by Crippen LogP contribution is 2.18. The van der Waals surface area contributed by atoms with Gasteiger partial charge in [0.05, 0.1) is 5.69 Å². The molecule has 0 fully saturated rings. The molecular weight excluding hydrogens is 268 g/mol. The fourth-order valence-corrected chi connectivity index (χ4v) is 2.06. The number of carboxylic acids is 1. The Hall–Kier alpha value is -1.88. The van der Waals surface area contributed by atoms with Gasteiger partial charge >= 0.3 is 11.9 Å². The minimum absolute atomic E-state index is 0.595. The van der Waals surface area contributed by atoms with E-state index in [0.717, 1.165) is 25.7 Å². The summed E-state index contributed by atoms with van der Waals surface area (Å²) in [6.07, 6.45) is 3.82. The third kappa shape index (κ3) is 5.19. The molecule has 0 atom stereocenters. The van der Waals surface area contributed by atoms with Crippen LogP contribution < -0.4 is 5.01 Å². The predicted molar refractivity (Wildman–Crippen MR) is 83.0 cm³/mol. The molecule has 0 aliphatic rings. The lowest BCUT2D eigenvalue weighted by atomic mass is 10.2. The number of hydrazine groups is 1. The molecule has 0 saturated carbocycles. The molecule has 0 heterocycles. The van der Waals surface area contributed by atoms with Crippen molar-refractivity contribution in [2.24, 2.45) is 0 Å². The number of rotatable bonds is 8. The molecule has 0 saturated heterocycles. The average molecular weight is 292 g/mol. The Bertz CT molecular complexity index is 440. The topological polar surface area (TPSA) is 60.9 Å². The number of anilines is 1. The first-order valence-corrected chi connectivity index (χ1v) is 7.49. The van der Waals surface area contributed by atoms with Crippen LogP contribution in [0, 0.1) is 0 Å². The van der Waals surface area contributed by atoms with Crippen molar-refractivity contribution in [3.63, 3.8) is 0 Å². The molecule has 116 valence electrons. The zero-order valence-electron chi connectivity index (χ0n) is 12.8. The van der Waals surface area contributed by atoms with E-state index < -0.39 is 11.9 Å². The minimum Gasteiger partial charge on any atom is -0.474 e. The maximum Gasteiger partial charge on any atom is 0.396 e. The average Bonchev–Trinajstić information content (AvgIpc) is 2.50. The van der Waals surface area contributed by atoms with Crippen molar-refractivity contribution in [1.82, 2.24) is 5.01 Å². The molecule has 0 spiro atoms. The van der Waals surface area contributed by atoms with Crippen molar-refractivity contribution < 1.29 is 14.7 Å². The van der Waals surface area contributed by atoms with Crippen LogP contribution in [-0.2, 0) is 9.59 Å². The van der Waals surface area contributed by atoms with Gasteiger partial charge < -0.3 is 5.11 Å². The largest absolute Gasteiger partial charge is 0.474 e. The van der Waals surface area contributed by atoms with Crippen molar-refractivity contribution in [2.75, 3.05) is 18.1 Å². The number of hydrogen-bond donors (Lipinski definition) is 1. The highest BCUT2D eigenvalue weighted by atomic mass is 16.4. The Morgan fingerprint density at radius 3 is 1.95 bits per heavy atom. The Labute approximate surface area is 126 Å². The van der Waals surface area contributed by atoms with Crippen LogP contribution in [0.25, 0.3) is 0 Å². The predicted octanol–water partition coefficient (Wildman–Crippen LogP) is 2.92. The Balaban J connectivity index is 3.05. The fraction of sp³-hybridized carbons (Fsp3) is 0.500. The number of carboxylic acid groups (broad SMARTS) is 1. The SMILES string of the molecule is CCCCN(CCCC)N(C(=O)C(=O)O)c1ccccc1. The van der Waals surface area contributed by atoms with E-state index in [4.69, 9.17) is 5.11 Å². The summed E-state index contributed by atoms with van der Waals surface area (Å²) in [7, 11) is 0. The number of amides is 1. The zero-order valence-corrected chi connectivity index (χ0v) is 12.8. The van der Waals surface area contributed by atoms with Crippen LogP contribution in [0.4, 0.5) is 5.69 Å². The summed E-state index contributed by atoms with van der Waals surface area (Å²) in [6, 6.07) is 8.96. The van der Waals surface area contributed by atoms with E-state index in [1.165, 1.54) is 5.01 Å². The van der Waals surface area contributed by atoms with E-state index in [-0.39, 0.29) is 0 Å². The van der Waals surface area contributed by atoms with Crippen LogP contribution >= 0.6 is 0 Å². The summed E-state index contributed by atoms with van der Waals surface area (Å²) in [4.78, 5) is 23.2. The third-order valence-electron chi connectivity index (χ3n) is 3.20. The summed E-state index contributed by atoms with van der Waals surface area (Å²) in [5.41, 5.74) is 0.595. The molecule has 1 aromatic carbocycles. The third-order valence-corrected chi connectivity index (χ3v) is 3.20. The van der Waals surface area contributed by atoms with Gasteiger partial charge in [0.25, 0.3) is 0 Å². The van der Waals surface area contributed by atoms with E-state index >= 15 is 0 Å². The van der Waals surface area contributed by atoms with Gasteiger partial charge in [-0.25, -0.2) is 14.8 Å². The highest BCUT2D eigenvalue weighted by molar-refractivity contribution is 6.37. The summed E-state index contributed by atoms with van der Waals surface area (Å²) < 4.78 is 0. The van der Waals surface area contributed by atoms with E-state index in [0.29, 0.717) is 18.8 Å². The van der Waals surface area contributed by atoms with E-state index in [9.17, 15) is 9.59 Å². The fourth-order valence-electron chi connectivity index (χ4n) is 2.06. The van der Waals surface area contributed by atoms with Crippen molar-refractivity contribution >= 4 is 17.6 Å². The van der Waals surface area contributed by atoms with Crippen molar-refractivity contribution in [1.29, 1.82) is 0 Å². The molecule has 0 bridgehead atoms. The van der Waals surface area contributed by atoms with E-state index in [1.807, 2.05) is 11.1 Å². The Morgan fingerprint density at radius 2 is 1.52 bits per heavy atom. The van der Waals surface area contributed by atoms with Gasteiger partial charge in [-0.1, -0.05) is 44.9 Å². The van der Waals surface area contributed by atoms with E-state index in [1.54, 1.807) is 24.3 Å². The van der Waals surface area contributed by atoms with Crippen LogP contribution in [0.5, 0.6) is 0 Å². The molecule has 0 aliphatic carbocycles. The molecule has 1 amide bonds. The summed E-state index contributed by atoms with van der Waals surface area (Å²) >= 11 is 0. The maximum absolute atomic E-state index is 12.1. The second kappa shape index (κ2) is 9.13.